The third-order valence-corrected chi connectivity index (χ3v) is 1.40. The van der Waals surface area contributed by atoms with Crippen molar-refractivity contribution in [1.82, 2.24) is 4.90 Å². The molecule has 0 aromatic rings. The summed E-state index contributed by atoms with van der Waals surface area (Å²) in [7, 11) is 1.79. The van der Waals surface area contributed by atoms with Crippen molar-refractivity contribution >= 4 is 0 Å². The molecule has 0 aliphatic carbocycles. The predicted molar refractivity (Wildman–Crippen MR) is 28.4 cm³/mol. The molecule has 0 unspecified atom stereocenters. The number of halogens is 1. The molecule has 0 saturated carbocycles. The first-order valence-corrected chi connectivity index (χ1v) is 2.71. The lowest BCUT2D eigenvalue weighted by molar-refractivity contribution is 0.116. The monoisotopic (exact) mass is 119 g/mol. The molecule has 0 aromatic heterocycles. The van der Waals surface area contributed by atoms with E-state index in [4.69, 9.17) is 5.11 Å². The van der Waals surface area contributed by atoms with E-state index >= 15 is 0 Å². The highest BCUT2D eigenvalue weighted by Crippen LogP contribution is 2.09. The van der Waals surface area contributed by atoms with Gasteiger partial charge in [0.25, 0.3) is 0 Å². The largest absolute Gasteiger partial charge is 0.389 e. The van der Waals surface area contributed by atoms with Crippen LogP contribution in [0.15, 0.2) is 0 Å². The Balaban J connectivity index is 2.39. The number of aliphatic hydroxyl groups excluding tert-OH is 1. The molecular weight excluding hydrogens is 109 g/mol. The molecule has 0 aromatic carbocycles. The number of nitrogens with zero attached hydrogens (tertiary/aromatic N) is 1. The van der Waals surface area contributed by atoms with Gasteiger partial charge in [0, 0.05) is 13.1 Å². The molecule has 1 saturated heterocycles. The first-order valence-electron chi connectivity index (χ1n) is 2.71. The van der Waals surface area contributed by atoms with Crippen molar-refractivity contribution < 1.29 is 9.50 Å². The van der Waals surface area contributed by atoms with Gasteiger partial charge in [-0.3, -0.25) is 0 Å². The zero-order valence-corrected chi connectivity index (χ0v) is 4.84. The van der Waals surface area contributed by atoms with E-state index in [2.05, 4.69) is 0 Å². The lowest BCUT2D eigenvalue weighted by Gasteiger charge is -2.01. The minimum absolute atomic E-state index is 0.376. The van der Waals surface area contributed by atoms with E-state index in [1.165, 1.54) is 0 Å². The molecule has 1 N–H and O–H groups in total. The van der Waals surface area contributed by atoms with Gasteiger partial charge in [-0.25, -0.2) is 4.39 Å². The van der Waals surface area contributed by atoms with E-state index < -0.39 is 12.3 Å². The van der Waals surface area contributed by atoms with Gasteiger partial charge in [-0.2, -0.15) is 0 Å². The lowest BCUT2D eigenvalue weighted by Crippen LogP contribution is -2.18. The zero-order valence-electron chi connectivity index (χ0n) is 4.84. The van der Waals surface area contributed by atoms with Crippen LogP contribution >= 0.6 is 0 Å². The second-order valence-electron chi connectivity index (χ2n) is 2.30. The molecule has 3 heteroatoms. The van der Waals surface area contributed by atoms with Crippen LogP contribution in [-0.2, 0) is 0 Å². The van der Waals surface area contributed by atoms with Crippen molar-refractivity contribution in [3.63, 3.8) is 0 Å². The van der Waals surface area contributed by atoms with Crippen molar-refractivity contribution in [3.05, 3.63) is 0 Å². The smallest absolute Gasteiger partial charge is 0.140 e. The number of hydrogen-bond donors (Lipinski definition) is 1. The molecule has 2 atom stereocenters. The molecule has 48 valence electrons. The number of β-amino-alcohol motifs (C(OH)–C–C–N with tert-alkyl or cyclic N) is 1. The van der Waals surface area contributed by atoms with Gasteiger partial charge in [0.2, 0.25) is 0 Å². The Kier molecular flexibility index (Phi) is 1.49. The minimum Gasteiger partial charge on any atom is -0.389 e. The van der Waals surface area contributed by atoms with Crippen LogP contribution in [0.25, 0.3) is 0 Å². The zero-order chi connectivity index (χ0) is 6.15. The average molecular weight is 119 g/mol. The van der Waals surface area contributed by atoms with Gasteiger partial charge in [-0.1, -0.05) is 0 Å². The molecule has 1 aliphatic rings. The molecule has 8 heavy (non-hydrogen) atoms. The van der Waals surface area contributed by atoms with Crippen molar-refractivity contribution in [1.29, 1.82) is 0 Å². The first kappa shape index (κ1) is 5.98. The second-order valence-corrected chi connectivity index (χ2v) is 2.30. The molecule has 0 spiro atoms. The van der Waals surface area contributed by atoms with Gasteiger partial charge in [0.1, 0.15) is 6.17 Å². The van der Waals surface area contributed by atoms with E-state index in [9.17, 15) is 4.39 Å². The minimum atomic E-state index is -1.03. The fourth-order valence-electron chi connectivity index (χ4n) is 0.928. The number of aliphatic hydroxyl groups is 1. The third kappa shape index (κ3) is 0.980. The maximum atomic E-state index is 12.3. The van der Waals surface area contributed by atoms with Gasteiger partial charge < -0.3 is 10.0 Å². The molecule has 0 amide bonds. The van der Waals surface area contributed by atoms with E-state index in [1.54, 1.807) is 11.9 Å². The Bertz CT molecular complexity index is 78.5. The van der Waals surface area contributed by atoms with Crippen LogP contribution in [0.3, 0.4) is 0 Å². The molecule has 0 bridgehead atoms. The maximum Gasteiger partial charge on any atom is 0.140 e. The molecule has 0 radical (unpaired) electrons. The van der Waals surface area contributed by atoms with Gasteiger partial charge in [0.15, 0.2) is 0 Å². The normalized spacial score (nSPS) is 40.9. The maximum absolute atomic E-state index is 12.3. The van der Waals surface area contributed by atoms with Gasteiger partial charge in [-0.15, -0.1) is 0 Å². The quantitative estimate of drug-likeness (QED) is 0.470. The summed E-state index contributed by atoms with van der Waals surface area (Å²) in [5.41, 5.74) is 0. The van der Waals surface area contributed by atoms with E-state index in [0.717, 1.165) is 0 Å². The summed E-state index contributed by atoms with van der Waals surface area (Å²) in [6.07, 6.45) is -1.78. The fourth-order valence-corrected chi connectivity index (χ4v) is 0.928. The Labute approximate surface area is 47.9 Å². The summed E-state index contributed by atoms with van der Waals surface area (Å²) in [6.45, 7) is 0.850. The van der Waals surface area contributed by atoms with Gasteiger partial charge in [-0.05, 0) is 7.05 Å². The molecule has 1 rings (SSSR count). The van der Waals surface area contributed by atoms with Crippen LogP contribution in [-0.4, -0.2) is 42.4 Å². The third-order valence-electron chi connectivity index (χ3n) is 1.40. The summed E-state index contributed by atoms with van der Waals surface area (Å²) in [5.74, 6) is 0. The Morgan fingerprint density at radius 1 is 1.62 bits per heavy atom. The summed E-state index contributed by atoms with van der Waals surface area (Å²) in [4.78, 5) is 1.77. The SMILES string of the molecule is CN1C[C@@H](F)[C@@H](O)C1. The van der Waals surface area contributed by atoms with Crippen molar-refractivity contribution in [3.8, 4) is 0 Å². The second kappa shape index (κ2) is 1.99. The van der Waals surface area contributed by atoms with Gasteiger partial charge in [0.05, 0.1) is 6.10 Å². The number of likely N-dealkylation sites (tertiary alicyclic amines) is 1. The molecule has 1 fully saturated rings. The standard InChI is InChI=1S/C5H10FNO/c1-7-2-4(6)5(8)3-7/h4-5,8H,2-3H2,1H3/t4-,5+/m1/s1. The highest BCUT2D eigenvalue weighted by atomic mass is 19.1. The van der Waals surface area contributed by atoms with E-state index in [0.29, 0.717) is 13.1 Å². The molecule has 1 aliphatic heterocycles. The average Bonchev–Trinajstić information content (AvgIpc) is 1.85. The summed E-state index contributed by atoms with van der Waals surface area (Å²) < 4.78 is 12.3. The number of alkyl halides is 1. The molecular formula is C5H10FNO. The first-order chi connectivity index (χ1) is 3.70. The summed E-state index contributed by atoms with van der Waals surface area (Å²) in [6, 6.07) is 0. The Hall–Kier alpha value is -0.150. The van der Waals surface area contributed by atoms with Crippen LogP contribution in [0, 0.1) is 0 Å². The van der Waals surface area contributed by atoms with Crippen LogP contribution < -0.4 is 0 Å². The van der Waals surface area contributed by atoms with Crippen molar-refractivity contribution in [2.75, 3.05) is 20.1 Å². The van der Waals surface area contributed by atoms with Gasteiger partial charge >= 0.3 is 0 Å². The number of hydrogen-bond acceptors (Lipinski definition) is 2. The topological polar surface area (TPSA) is 23.5 Å². The van der Waals surface area contributed by atoms with Crippen LogP contribution in [0.2, 0.25) is 0 Å². The summed E-state index contributed by atoms with van der Waals surface area (Å²) >= 11 is 0. The van der Waals surface area contributed by atoms with Crippen LogP contribution in [0.4, 0.5) is 4.39 Å². The van der Waals surface area contributed by atoms with E-state index in [1.807, 2.05) is 0 Å². The van der Waals surface area contributed by atoms with Crippen LogP contribution in [0.5, 0.6) is 0 Å². The van der Waals surface area contributed by atoms with Crippen molar-refractivity contribution in [2.24, 2.45) is 0 Å². The van der Waals surface area contributed by atoms with Crippen molar-refractivity contribution in [2.45, 2.75) is 12.3 Å². The number of rotatable bonds is 0. The predicted octanol–water partition coefficient (Wildman–Crippen LogP) is -0.369. The molecule has 2 nitrogen and oxygen atoms in total. The Morgan fingerprint density at radius 3 is 2.38 bits per heavy atom. The molecule has 1 heterocycles. The summed E-state index contributed by atoms with van der Waals surface area (Å²) in [5, 5.41) is 8.75. The lowest BCUT2D eigenvalue weighted by atomic mass is 10.3. The Morgan fingerprint density at radius 2 is 2.25 bits per heavy atom. The highest BCUT2D eigenvalue weighted by molar-refractivity contribution is 4.80. The number of likely N-dealkylation sites (N-methyl/N-ethyl adjacent to an activating group) is 1. The fraction of sp³-hybridized carbons (Fsp3) is 1.00. The van der Waals surface area contributed by atoms with Crippen LogP contribution in [0.1, 0.15) is 0 Å². The highest BCUT2D eigenvalue weighted by Gasteiger charge is 2.28. The van der Waals surface area contributed by atoms with E-state index in [-0.39, 0.29) is 0 Å².